The van der Waals surface area contributed by atoms with Gasteiger partial charge < -0.3 is 10.0 Å². The number of hydroxylamine groups is 2. The van der Waals surface area contributed by atoms with Crippen LogP contribution in [0.15, 0.2) is 54.6 Å². The molecule has 172 valence electrons. The molecule has 2 aromatic carbocycles. The molecule has 0 spiro atoms. The maximum Gasteiger partial charge on any atom is 0.0698 e. The van der Waals surface area contributed by atoms with Crippen molar-refractivity contribution >= 4 is 0 Å². The Morgan fingerprint density at radius 1 is 0.935 bits per heavy atom. The molecule has 5 heteroatoms. The molecule has 0 aliphatic carbocycles. The normalized spacial score (nSPS) is 15.4. The highest BCUT2D eigenvalue weighted by molar-refractivity contribution is 5.24. The molecule has 1 aliphatic rings. The highest BCUT2D eigenvalue weighted by atomic mass is 16.7. The molecular weight excluding hydrogens is 386 g/mol. The van der Waals surface area contributed by atoms with Crippen LogP contribution in [0.25, 0.3) is 0 Å². The van der Waals surface area contributed by atoms with Gasteiger partial charge in [-0.1, -0.05) is 68.4 Å². The maximum absolute atomic E-state index is 7.00. The lowest BCUT2D eigenvalue weighted by Crippen LogP contribution is -2.44. The van der Waals surface area contributed by atoms with Crippen molar-refractivity contribution < 1.29 is 9.94 Å². The van der Waals surface area contributed by atoms with Crippen molar-refractivity contribution in [1.29, 1.82) is 0 Å². The lowest BCUT2D eigenvalue weighted by molar-refractivity contribution is -0.117. The number of rotatable bonds is 10. The van der Waals surface area contributed by atoms with E-state index in [2.05, 4.69) is 97.4 Å². The fourth-order valence-corrected chi connectivity index (χ4v) is 4.12. The van der Waals surface area contributed by atoms with E-state index in [0.717, 1.165) is 52.9 Å². The van der Waals surface area contributed by atoms with Crippen molar-refractivity contribution in [2.45, 2.75) is 45.9 Å². The van der Waals surface area contributed by atoms with E-state index in [9.17, 15) is 0 Å². The van der Waals surface area contributed by atoms with E-state index in [1.165, 1.54) is 16.7 Å². The molecule has 1 heterocycles. The first kappa shape index (κ1) is 25.5. The highest BCUT2D eigenvalue weighted by Gasteiger charge is 2.23. The number of hydrogen-bond acceptors (Lipinski definition) is 5. The molecule has 0 radical (unpaired) electrons. The molecule has 1 fully saturated rings. The van der Waals surface area contributed by atoms with Crippen LogP contribution < -0.4 is 0 Å². The van der Waals surface area contributed by atoms with Gasteiger partial charge in [-0.15, -0.1) is 0 Å². The SMILES string of the molecule is CC(C)[C@@H](CN(C)C)N(Cc1ccccc1)Cc1cccc(CN2CCCO2)c1.CO. The van der Waals surface area contributed by atoms with Gasteiger partial charge in [-0.25, -0.2) is 0 Å². The van der Waals surface area contributed by atoms with E-state index < -0.39 is 0 Å². The molecular formula is C26H41N3O2. The average Bonchev–Trinajstić information content (AvgIpc) is 3.27. The van der Waals surface area contributed by atoms with E-state index in [1.807, 2.05) is 0 Å². The van der Waals surface area contributed by atoms with Crippen molar-refractivity contribution in [2.24, 2.45) is 5.92 Å². The molecule has 5 nitrogen and oxygen atoms in total. The first-order chi connectivity index (χ1) is 15.0. The van der Waals surface area contributed by atoms with Crippen LogP contribution in [0.2, 0.25) is 0 Å². The summed E-state index contributed by atoms with van der Waals surface area (Å²) < 4.78 is 0. The molecule has 3 rings (SSSR count). The Kier molecular flexibility index (Phi) is 11.2. The first-order valence-electron chi connectivity index (χ1n) is 11.3. The third-order valence-corrected chi connectivity index (χ3v) is 5.58. The number of aliphatic hydroxyl groups is 1. The van der Waals surface area contributed by atoms with E-state index in [4.69, 9.17) is 9.94 Å². The molecule has 0 saturated carbocycles. The Hall–Kier alpha value is -1.76. The summed E-state index contributed by atoms with van der Waals surface area (Å²) in [5, 5.41) is 9.09. The summed E-state index contributed by atoms with van der Waals surface area (Å²) in [5.74, 6) is 0.585. The van der Waals surface area contributed by atoms with Crippen molar-refractivity contribution in [1.82, 2.24) is 14.9 Å². The van der Waals surface area contributed by atoms with Crippen LogP contribution in [-0.2, 0) is 24.5 Å². The number of nitrogens with zero attached hydrogens (tertiary/aromatic N) is 3. The van der Waals surface area contributed by atoms with Gasteiger partial charge in [0.15, 0.2) is 0 Å². The monoisotopic (exact) mass is 427 g/mol. The van der Waals surface area contributed by atoms with Gasteiger partial charge in [0.25, 0.3) is 0 Å². The topological polar surface area (TPSA) is 39.2 Å². The summed E-state index contributed by atoms with van der Waals surface area (Å²) in [4.78, 5) is 10.6. The minimum absolute atomic E-state index is 0.496. The molecule has 31 heavy (non-hydrogen) atoms. The molecule has 1 aliphatic heterocycles. The average molecular weight is 428 g/mol. The van der Waals surface area contributed by atoms with Gasteiger partial charge in [0.2, 0.25) is 0 Å². The third kappa shape index (κ3) is 8.71. The standard InChI is InChI=1S/C25H37N3O.CH4O/c1-21(2)25(20-26(3)4)27(17-22-10-6-5-7-11-22)18-23-12-8-13-24(16-23)19-28-14-9-15-29-28;1-2/h5-8,10-13,16,21,25H,9,14-15,17-20H2,1-4H3;2H,1H3/t25-;/m1./s1. The summed E-state index contributed by atoms with van der Waals surface area (Å²) in [7, 11) is 5.35. The van der Waals surface area contributed by atoms with Gasteiger partial charge in [0.1, 0.15) is 0 Å². The second-order valence-electron chi connectivity index (χ2n) is 8.83. The number of aliphatic hydroxyl groups excluding tert-OH is 1. The van der Waals surface area contributed by atoms with Crippen LogP contribution in [-0.4, -0.2) is 66.9 Å². The first-order valence-corrected chi connectivity index (χ1v) is 11.3. The van der Waals surface area contributed by atoms with Gasteiger partial charge in [0.05, 0.1) is 6.61 Å². The second-order valence-corrected chi connectivity index (χ2v) is 8.83. The third-order valence-electron chi connectivity index (χ3n) is 5.58. The Balaban J connectivity index is 0.00000166. The zero-order valence-electron chi connectivity index (χ0n) is 20.0. The second kappa shape index (κ2) is 13.6. The summed E-state index contributed by atoms with van der Waals surface area (Å²) in [5.41, 5.74) is 4.08. The summed E-state index contributed by atoms with van der Waals surface area (Å²) in [6.45, 7) is 10.4. The Bertz CT molecular complexity index is 730. The molecule has 0 aromatic heterocycles. The molecule has 2 aromatic rings. The van der Waals surface area contributed by atoms with Gasteiger partial charge in [-0.05, 0) is 43.1 Å². The van der Waals surface area contributed by atoms with E-state index >= 15 is 0 Å². The van der Waals surface area contributed by atoms with Crippen molar-refractivity contribution in [3.8, 4) is 0 Å². The molecule has 0 bridgehead atoms. The van der Waals surface area contributed by atoms with Crippen LogP contribution in [0.3, 0.4) is 0 Å². The highest BCUT2D eigenvalue weighted by Crippen LogP contribution is 2.20. The van der Waals surface area contributed by atoms with Gasteiger partial charge >= 0.3 is 0 Å². The van der Waals surface area contributed by atoms with E-state index in [1.54, 1.807) is 0 Å². The van der Waals surface area contributed by atoms with E-state index in [0.29, 0.717) is 12.0 Å². The zero-order chi connectivity index (χ0) is 22.6. The van der Waals surface area contributed by atoms with Crippen LogP contribution in [0.5, 0.6) is 0 Å². The fraction of sp³-hybridized carbons (Fsp3) is 0.538. The minimum atomic E-state index is 0.496. The van der Waals surface area contributed by atoms with Crippen LogP contribution in [0.4, 0.5) is 0 Å². The summed E-state index contributed by atoms with van der Waals surface area (Å²) in [6.07, 6.45) is 1.13. The predicted octanol–water partition coefficient (Wildman–Crippen LogP) is 4.02. The summed E-state index contributed by atoms with van der Waals surface area (Å²) >= 11 is 0. The number of hydrogen-bond donors (Lipinski definition) is 1. The van der Waals surface area contributed by atoms with Gasteiger partial charge in [-0.2, -0.15) is 5.06 Å². The van der Waals surface area contributed by atoms with Crippen LogP contribution >= 0.6 is 0 Å². The Labute approximate surface area is 189 Å². The van der Waals surface area contributed by atoms with Crippen molar-refractivity contribution in [2.75, 3.05) is 40.9 Å². The smallest absolute Gasteiger partial charge is 0.0698 e. The lowest BCUT2D eigenvalue weighted by atomic mass is 9.99. The Morgan fingerprint density at radius 2 is 1.58 bits per heavy atom. The minimum Gasteiger partial charge on any atom is -0.400 e. The number of benzene rings is 2. The maximum atomic E-state index is 7.00. The molecule has 1 saturated heterocycles. The van der Waals surface area contributed by atoms with E-state index in [-0.39, 0.29) is 0 Å². The van der Waals surface area contributed by atoms with Crippen LogP contribution in [0, 0.1) is 5.92 Å². The Morgan fingerprint density at radius 3 is 2.19 bits per heavy atom. The molecule has 1 N–H and O–H groups in total. The van der Waals surface area contributed by atoms with Gasteiger partial charge in [-0.3, -0.25) is 9.74 Å². The fourth-order valence-electron chi connectivity index (χ4n) is 4.12. The number of likely N-dealkylation sites (N-methyl/N-ethyl adjacent to an activating group) is 1. The van der Waals surface area contributed by atoms with Crippen molar-refractivity contribution in [3.05, 3.63) is 71.3 Å². The molecule has 0 unspecified atom stereocenters. The quantitative estimate of drug-likeness (QED) is 0.620. The zero-order valence-corrected chi connectivity index (χ0v) is 20.0. The summed E-state index contributed by atoms with van der Waals surface area (Å²) in [6, 6.07) is 20.4. The van der Waals surface area contributed by atoms with Crippen LogP contribution in [0.1, 0.15) is 37.0 Å². The van der Waals surface area contributed by atoms with Gasteiger partial charge in [0, 0.05) is 45.9 Å². The predicted molar refractivity (Wildman–Crippen MR) is 128 cm³/mol. The molecule has 0 amide bonds. The molecule has 1 atom stereocenters. The lowest BCUT2D eigenvalue weighted by Gasteiger charge is -2.36. The largest absolute Gasteiger partial charge is 0.400 e. The van der Waals surface area contributed by atoms with Crippen molar-refractivity contribution in [3.63, 3.8) is 0 Å².